The van der Waals surface area contributed by atoms with Crippen LogP contribution in [0, 0.1) is 5.92 Å². The Hall–Kier alpha value is -1.97. The van der Waals surface area contributed by atoms with E-state index in [0.717, 1.165) is 17.8 Å². The van der Waals surface area contributed by atoms with Gasteiger partial charge in [-0.05, 0) is 12.3 Å². The van der Waals surface area contributed by atoms with Gasteiger partial charge >= 0.3 is 0 Å². The third kappa shape index (κ3) is 1.98. The maximum absolute atomic E-state index is 5.75. The molecule has 2 atom stereocenters. The fourth-order valence-electron chi connectivity index (χ4n) is 1.97. The fourth-order valence-corrected chi connectivity index (χ4v) is 1.97. The van der Waals surface area contributed by atoms with E-state index in [1.165, 1.54) is 0 Å². The fraction of sp³-hybridized carbons (Fsp3) is 0.308. The predicted octanol–water partition coefficient (Wildman–Crippen LogP) is 2.24. The van der Waals surface area contributed by atoms with Gasteiger partial charge in [-0.25, -0.2) is 4.98 Å². The molecule has 86 valence electrons. The van der Waals surface area contributed by atoms with Crippen molar-refractivity contribution in [3.05, 3.63) is 36.2 Å². The van der Waals surface area contributed by atoms with Crippen LogP contribution in [0.5, 0.6) is 0 Å². The van der Waals surface area contributed by atoms with Crippen LogP contribution < -0.4 is 5.73 Å². The number of nitrogens with two attached hydrogens (primary N) is 1. The number of nitrogen functional groups attached to an aromatic ring is 1. The van der Waals surface area contributed by atoms with E-state index in [2.05, 4.69) is 21.9 Å². The van der Waals surface area contributed by atoms with Crippen molar-refractivity contribution in [2.45, 2.75) is 19.3 Å². The maximum atomic E-state index is 5.75. The molecule has 0 amide bonds. The summed E-state index contributed by atoms with van der Waals surface area (Å²) in [6, 6.07) is 9.87. The van der Waals surface area contributed by atoms with E-state index in [1.807, 2.05) is 30.3 Å². The highest BCUT2D eigenvalue weighted by atomic mass is 15.1. The molecule has 2 aromatic rings. The Labute approximate surface area is 99.9 Å². The van der Waals surface area contributed by atoms with Crippen molar-refractivity contribution in [3.63, 3.8) is 0 Å². The van der Waals surface area contributed by atoms with Gasteiger partial charge in [0.05, 0.1) is 0 Å². The van der Waals surface area contributed by atoms with E-state index in [0.29, 0.717) is 23.6 Å². The summed E-state index contributed by atoms with van der Waals surface area (Å²) in [6.07, 6.45) is 1.15. The third-order valence-electron chi connectivity index (χ3n) is 3.14. The Bertz CT molecular complexity index is 538. The zero-order valence-corrected chi connectivity index (χ0v) is 9.67. The Balaban J connectivity index is 2.03. The van der Waals surface area contributed by atoms with E-state index in [1.54, 1.807) is 0 Å². The molecule has 4 nitrogen and oxygen atoms in total. The maximum Gasteiger partial charge on any atom is 0.223 e. The molecular formula is C13H14N4. The van der Waals surface area contributed by atoms with E-state index in [-0.39, 0.29) is 0 Å². The van der Waals surface area contributed by atoms with Crippen molar-refractivity contribution >= 4 is 5.95 Å². The SMILES string of the molecule is CC1CC1c1nc(N)nc(-c2ccccc2)n1. The summed E-state index contributed by atoms with van der Waals surface area (Å²) in [7, 11) is 0. The summed E-state index contributed by atoms with van der Waals surface area (Å²) in [4.78, 5) is 12.9. The summed E-state index contributed by atoms with van der Waals surface area (Å²) < 4.78 is 0. The molecule has 1 fully saturated rings. The minimum Gasteiger partial charge on any atom is -0.368 e. The van der Waals surface area contributed by atoms with Crippen LogP contribution in [0.25, 0.3) is 11.4 Å². The van der Waals surface area contributed by atoms with Crippen molar-refractivity contribution in [2.24, 2.45) is 5.92 Å². The van der Waals surface area contributed by atoms with Crippen molar-refractivity contribution in [1.82, 2.24) is 15.0 Å². The molecule has 3 rings (SSSR count). The zero-order valence-electron chi connectivity index (χ0n) is 9.67. The molecule has 1 aromatic heterocycles. The van der Waals surface area contributed by atoms with E-state index in [4.69, 9.17) is 5.73 Å². The smallest absolute Gasteiger partial charge is 0.223 e. The molecule has 0 radical (unpaired) electrons. The van der Waals surface area contributed by atoms with Gasteiger partial charge in [-0.15, -0.1) is 0 Å². The van der Waals surface area contributed by atoms with Crippen LogP contribution in [0.15, 0.2) is 30.3 Å². The van der Waals surface area contributed by atoms with Crippen molar-refractivity contribution in [1.29, 1.82) is 0 Å². The molecule has 1 aliphatic carbocycles. The summed E-state index contributed by atoms with van der Waals surface area (Å²) >= 11 is 0. The first-order chi connectivity index (χ1) is 8.24. The second-order valence-electron chi connectivity index (χ2n) is 4.56. The van der Waals surface area contributed by atoms with Gasteiger partial charge in [0.25, 0.3) is 0 Å². The summed E-state index contributed by atoms with van der Waals surface area (Å²) in [5.41, 5.74) is 6.73. The lowest BCUT2D eigenvalue weighted by Crippen LogP contribution is -2.04. The number of rotatable bonds is 2. The molecule has 17 heavy (non-hydrogen) atoms. The third-order valence-corrected chi connectivity index (χ3v) is 3.14. The van der Waals surface area contributed by atoms with Crippen LogP contribution in [-0.2, 0) is 0 Å². The standard InChI is InChI=1S/C13H14N4/c1-8-7-10(8)12-15-11(16-13(14)17-12)9-5-3-2-4-6-9/h2-6,8,10H,7H2,1H3,(H2,14,15,16,17). The minimum absolute atomic E-state index is 0.313. The van der Waals surface area contributed by atoms with Crippen molar-refractivity contribution < 1.29 is 0 Å². The second kappa shape index (κ2) is 3.80. The van der Waals surface area contributed by atoms with Crippen LogP contribution >= 0.6 is 0 Å². The molecule has 1 saturated carbocycles. The molecule has 0 bridgehead atoms. The summed E-state index contributed by atoms with van der Waals surface area (Å²) in [5.74, 6) is 2.95. The van der Waals surface area contributed by atoms with Crippen LogP contribution in [0.2, 0.25) is 0 Å². The molecule has 2 N–H and O–H groups in total. The topological polar surface area (TPSA) is 64.7 Å². The van der Waals surface area contributed by atoms with Gasteiger partial charge in [0.15, 0.2) is 5.82 Å². The first kappa shape index (κ1) is 10.2. The molecule has 1 aliphatic rings. The lowest BCUT2D eigenvalue weighted by molar-refractivity contribution is 0.832. The van der Waals surface area contributed by atoms with Gasteiger partial charge in [0, 0.05) is 11.5 Å². The number of hydrogen-bond donors (Lipinski definition) is 1. The highest BCUT2D eigenvalue weighted by molar-refractivity contribution is 5.55. The number of nitrogens with zero attached hydrogens (tertiary/aromatic N) is 3. The minimum atomic E-state index is 0.313. The monoisotopic (exact) mass is 226 g/mol. The quantitative estimate of drug-likeness (QED) is 0.852. The highest BCUT2D eigenvalue weighted by Gasteiger charge is 2.37. The van der Waals surface area contributed by atoms with Crippen LogP contribution in [-0.4, -0.2) is 15.0 Å². The molecule has 1 aromatic carbocycles. The average Bonchev–Trinajstić information content (AvgIpc) is 3.07. The van der Waals surface area contributed by atoms with Gasteiger partial charge in [-0.2, -0.15) is 9.97 Å². The molecule has 2 unspecified atom stereocenters. The van der Waals surface area contributed by atoms with E-state index < -0.39 is 0 Å². The number of anilines is 1. The number of aromatic nitrogens is 3. The van der Waals surface area contributed by atoms with E-state index >= 15 is 0 Å². The molecule has 0 aliphatic heterocycles. The zero-order chi connectivity index (χ0) is 11.8. The molecule has 1 heterocycles. The Morgan fingerprint density at radius 1 is 1.12 bits per heavy atom. The van der Waals surface area contributed by atoms with Crippen LogP contribution in [0.1, 0.15) is 25.1 Å². The second-order valence-corrected chi connectivity index (χ2v) is 4.56. The van der Waals surface area contributed by atoms with Gasteiger partial charge in [0.2, 0.25) is 5.95 Å². The van der Waals surface area contributed by atoms with Gasteiger partial charge < -0.3 is 5.73 Å². The van der Waals surface area contributed by atoms with Crippen molar-refractivity contribution in [2.75, 3.05) is 5.73 Å². The predicted molar refractivity (Wildman–Crippen MR) is 66.2 cm³/mol. The molecule has 0 spiro atoms. The van der Waals surface area contributed by atoms with E-state index in [9.17, 15) is 0 Å². The van der Waals surface area contributed by atoms with Crippen LogP contribution in [0.4, 0.5) is 5.95 Å². The first-order valence-corrected chi connectivity index (χ1v) is 5.81. The lowest BCUT2D eigenvalue weighted by atomic mass is 10.2. The summed E-state index contributed by atoms with van der Waals surface area (Å²) in [5, 5.41) is 0. The Morgan fingerprint density at radius 2 is 1.82 bits per heavy atom. The van der Waals surface area contributed by atoms with Gasteiger partial charge in [0.1, 0.15) is 5.82 Å². The lowest BCUT2D eigenvalue weighted by Gasteiger charge is -2.04. The Morgan fingerprint density at radius 3 is 2.47 bits per heavy atom. The first-order valence-electron chi connectivity index (χ1n) is 5.81. The molecule has 4 heteroatoms. The van der Waals surface area contributed by atoms with Gasteiger partial charge in [-0.3, -0.25) is 0 Å². The Kier molecular flexibility index (Phi) is 2.28. The van der Waals surface area contributed by atoms with Crippen LogP contribution in [0.3, 0.4) is 0 Å². The molecule has 0 saturated heterocycles. The summed E-state index contributed by atoms with van der Waals surface area (Å²) in [6.45, 7) is 2.20. The number of hydrogen-bond acceptors (Lipinski definition) is 4. The average molecular weight is 226 g/mol. The highest BCUT2D eigenvalue weighted by Crippen LogP contribution is 2.45. The largest absolute Gasteiger partial charge is 0.368 e. The van der Waals surface area contributed by atoms with Crippen molar-refractivity contribution in [3.8, 4) is 11.4 Å². The normalized spacial score (nSPS) is 22.4. The van der Waals surface area contributed by atoms with Gasteiger partial charge in [-0.1, -0.05) is 37.3 Å². The number of benzene rings is 1. The molecular weight excluding hydrogens is 212 g/mol.